The lowest BCUT2D eigenvalue weighted by atomic mass is 10.2. The van der Waals surface area contributed by atoms with Crippen molar-refractivity contribution in [2.75, 3.05) is 13.1 Å². The highest BCUT2D eigenvalue weighted by molar-refractivity contribution is 9.10. The van der Waals surface area contributed by atoms with Crippen molar-refractivity contribution in [2.45, 2.75) is 31.2 Å². The quantitative estimate of drug-likeness (QED) is 0.859. The van der Waals surface area contributed by atoms with Crippen molar-refractivity contribution >= 4 is 26.0 Å². The Balaban J connectivity index is 2.31. The summed E-state index contributed by atoms with van der Waals surface area (Å²) in [4.78, 5) is 0.326. The first kappa shape index (κ1) is 15.0. The third-order valence-corrected chi connectivity index (χ3v) is 6.28. The van der Waals surface area contributed by atoms with Crippen LogP contribution in [0.15, 0.2) is 27.6 Å². The molecule has 1 saturated carbocycles. The number of hydrogen-bond donors (Lipinski definition) is 1. The van der Waals surface area contributed by atoms with Crippen molar-refractivity contribution in [1.82, 2.24) is 4.31 Å². The van der Waals surface area contributed by atoms with E-state index in [1.807, 2.05) is 6.92 Å². The zero-order valence-corrected chi connectivity index (χ0v) is 13.4. The van der Waals surface area contributed by atoms with E-state index < -0.39 is 10.0 Å². The van der Waals surface area contributed by atoms with Gasteiger partial charge in [0.15, 0.2) is 0 Å². The van der Waals surface area contributed by atoms with E-state index in [-0.39, 0.29) is 0 Å². The molecule has 4 nitrogen and oxygen atoms in total. The highest BCUT2D eigenvalue weighted by atomic mass is 79.9. The first-order chi connectivity index (χ1) is 8.98. The summed E-state index contributed by atoms with van der Waals surface area (Å²) in [7, 11) is -3.42. The standard InChI is InChI=1S/C13H19BrN2O2S/c1-2-16(9-10-3-4-10)19(17,18)13-6-5-11(8-15)7-12(13)14/h5-7,10H,2-4,8-9,15H2,1H3. The molecule has 1 fully saturated rings. The predicted molar refractivity (Wildman–Crippen MR) is 79.2 cm³/mol. The van der Waals surface area contributed by atoms with Gasteiger partial charge in [0.1, 0.15) is 0 Å². The van der Waals surface area contributed by atoms with Gasteiger partial charge in [0.2, 0.25) is 10.0 Å². The number of rotatable bonds is 6. The van der Waals surface area contributed by atoms with Gasteiger partial charge in [-0.3, -0.25) is 0 Å². The smallest absolute Gasteiger partial charge is 0.244 e. The zero-order valence-electron chi connectivity index (χ0n) is 11.0. The van der Waals surface area contributed by atoms with Crippen molar-refractivity contribution in [3.8, 4) is 0 Å². The monoisotopic (exact) mass is 346 g/mol. The molecule has 19 heavy (non-hydrogen) atoms. The Morgan fingerprint density at radius 2 is 2.11 bits per heavy atom. The van der Waals surface area contributed by atoms with Crippen molar-refractivity contribution in [3.05, 3.63) is 28.2 Å². The molecule has 2 N–H and O–H groups in total. The molecule has 0 saturated heterocycles. The lowest BCUT2D eigenvalue weighted by Crippen LogP contribution is -2.33. The molecule has 0 spiro atoms. The second-order valence-electron chi connectivity index (χ2n) is 4.87. The van der Waals surface area contributed by atoms with Crippen LogP contribution in [0.3, 0.4) is 0 Å². The van der Waals surface area contributed by atoms with Crippen molar-refractivity contribution in [3.63, 3.8) is 0 Å². The third-order valence-electron chi connectivity index (χ3n) is 3.36. The second kappa shape index (κ2) is 5.91. The molecule has 1 aromatic carbocycles. The van der Waals surface area contributed by atoms with E-state index >= 15 is 0 Å². The van der Waals surface area contributed by atoms with Crippen LogP contribution in [0.5, 0.6) is 0 Å². The molecule has 106 valence electrons. The van der Waals surface area contributed by atoms with Crippen LogP contribution < -0.4 is 5.73 Å². The summed E-state index contributed by atoms with van der Waals surface area (Å²) < 4.78 is 27.4. The van der Waals surface area contributed by atoms with Gasteiger partial charge in [-0.25, -0.2) is 8.42 Å². The van der Waals surface area contributed by atoms with E-state index in [0.717, 1.165) is 18.4 Å². The van der Waals surface area contributed by atoms with Crippen molar-refractivity contribution in [2.24, 2.45) is 11.7 Å². The average Bonchev–Trinajstić information content (AvgIpc) is 3.19. The maximum Gasteiger partial charge on any atom is 0.244 e. The van der Waals surface area contributed by atoms with E-state index in [4.69, 9.17) is 5.73 Å². The first-order valence-electron chi connectivity index (χ1n) is 6.47. The molecular weight excluding hydrogens is 328 g/mol. The summed E-state index contributed by atoms with van der Waals surface area (Å²) in [5.74, 6) is 0.539. The molecule has 1 aromatic rings. The SMILES string of the molecule is CCN(CC1CC1)S(=O)(=O)c1ccc(CN)cc1Br. The fourth-order valence-corrected chi connectivity index (χ4v) is 4.62. The van der Waals surface area contributed by atoms with Crippen LogP contribution in [-0.2, 0) is 16.6 Å². The maximum atomic E-state index is 12.6. The minimum absolute atomic E-state index is 0.326. The minimum atomic E-state index is -3.42. The van der Waals surface area contributed by atoms with Crippen LogP contribution in [0.4, 0.5) is 0 Å². The fourth-order valence-electron chi connectivity index (χ4n) is 2.01. The lowest BCUT2D eigenvalue weighted by Gasteiger charge is -2.21. The summed E-state index contributed by atoms with van der Waals surface area (Å²) in [5, 5.41) is 0. The third kappa shape index (κ3) is 3.37. The minimum Gasteiger partial charge on any atom is -0.326 e. The Kier molecular flexibility index (Phi) is 4.66. The Morgan fingerprint density at radius 1 is 1.42 bits per heavy atom. The van der Waals surface area contributed by atoms with Gasteiger partial charge in [-0.15, -0.1) is 0 Å². The normalized spacial score (nSPS) is 16.0. The van der Waals surface area contributed by atoms with Gasteiger partial charge in [-0.1, -0.05) is 13.0 Å². The molecule has 0 aliphatic heterocycles. The van der Waals surface area contributed by atoms with Crippen LogP contribution in [0.2, 0.25) is 0 Å². The van der Waals surface area contributed by atoms with Gasteiger partial charge < -0.3 is 5.73 Å². The fraction of sp³-hybridized carbons (Fsp3) is 0.538. The Bertz CT molecular complexity index is 556. The Labute approximate surface area is 123 Å². The van der Waals surface area contributed by atoms with E-state index in [2.05, 4.69) is 15.9 Å². The average molecular weight is 347 g/mol. The van der Waals surface area contributed by atoms with E-state index in [1.165, 1.54) is 0 Å². The molecule has 0 atom stereocenters. The molecule has 0 bridgehead atoms. The van der Waals surface area contributed by atoms with Gasteiger partial charge in [0.25, 0.3) is 0 Å². The number of sulfonamides is 1. The summed E-state index contributed by atoms with van der Waals surface area (Å²) in [6, 6.07) is 5.18. The van der Waals surface area contributed by atoms with E-state index in [0.29, 0.717) is 34.9 Å². The van der Waals surface area contributed by atoms with Crippen molar-refractivity contribution < 1.29 is 8.42 Å². The number of nitrogens with two attached hydrogens (primary N) is 1. The van der Waals surface area contributed by atoms with Crippen LogP contribution in [-0.4, -0.2) is 25.8 Å². The zero-order chi connectivity index (χ0) is 14.0. The number of nitrogens with zero attached hydrogens (tertiary/aromatic N) is 1. The van der Waals surface area contributed by atoms with Crippen LogP contribution >= 0.6 is 15.9 Å². The largest absolute Gasteiger partial charge is 0.326 e. The molecular formula is C13H19BrN2O2S. The molecule has 0 aromatic heterocycles. The van der Waals surface area contributed by atoms with Crippen LogP contribution in [0, 0.1) is 5.92 Å². The highest BCUT2D eigenvalue weighted by Gasteiger charge is 2.31. The van der Waals surface area contributed by atoms with Gasteiger partial charge in [-0.2, -0.15) is 4.31 Å². The van der Waals surface area contributed by atoms with Crippen LogP contribution in [0.25, 0.3) is 0 Å². The molecule has 0 unspecified atom stereocenters. The van der Waals surface area contributed by atoms with Gasteiger partial charge >= 0.3 is 0 Å². The topological polar surface area (TPSA) is 63.4 Å². The summed E-state index contributed by atoms with van der Waals surface area (Å²) >= 11 is 3.34. The second-order valence-corrected chi connectivity index (χ2v) is 7.63. The molecule has 0 amide bonds. The van der Waals surface area contributed by atoms with Gasteiger partial charge in [-0.05, 0) is 52.4 Å². The van der Waals surface area contributed by atoms with E-state index in [9.17, 15) is 8.42 Å². The van der Waals surface area contributed by atoms with Gasteiger partial charge in [0, 0.05) is 24.1 Å². The molecule has 6 heteroatoms. The molecule has 1 aliphatic carbocycles. The Morgan fingerprint density at radius 3 is 2.58 bits per heavy atom. The van der Waals surface area contributed by atoms with E-state index in [1.54, 1.807) is 22.5 Å². The van der Waals surface area contributed by atoms with Crippen molar-refractivity contribution in [1.29, 1.82) is 0 Å². The molecule has 0 radical (unpaired) electrons. The highest BCUT2D eigenvalue weighted by Crippen LogP contribution is 2.33. The first-order valence-corrected chi connectivity index (χ1v) is 8.71. The maximum absolute atomic E-state index is 12.6. The number of hydrogen-bond acceptors (Lipinski definition) is 3. The molecule has 2 rings (SSSR count). The summed E-state index contributed by atoms with van der Waals surface area (Å²) in [5.41, 5.74) is 6.47. The number of benzene rings is 1. The lowest BCUT2D eigenvalue weighted by molar-refractivity contribution is 0.411. The molecule has 1 aliphatic rings. The predicted octanol–water partition coefficient (Wildman–Crippen LogP) is 2.33. The van der Waals surface area contributed by atoms with Gasteiger partial charge in [0.05, 0.1) is 4.90 Å². The number of halogens is 1. The van der Waals surface area contributed by atoms with Crippen LogP contribution in [0.1, 0.15) is 25.3 Å². The summed E-state index contributed by atoms with van der Waals surface area (Å²) in [6.45, 7) is 3.41. The summed E-state index contributed by atoms with van der Waals surface area (Å²) in [6.07, 6.45) is 2.28. The molecule has 0 heterocycles. The Hall–Kier alpha value is -0.430.